The van der Waals surface area contributed by atoms with Crippen LogP contribution in [-0.2, 0) is 30.5 Å². The van der Waals surface area contributed by atoms with Crippen LogP contribution in [0.4, 0.5) is 14.9 Å². The molecule has 1 saturated heterocycles. The number of rotatable bonds is 9. The van der Waals surface area contributed by atoms with E-state index < -0.39 is 59.3 Å². The second-order valence-electron chi connectivity index (χ2n) is 11.3. The highest BCUT2D eigenvalue weighted by Crippen LogP contribution is 2.41. The van der Waals surface area contributed by atoms with Crippen LogP contribution in [0.1, 0.15) is 39.2 Å². The smallest absolute Gasteiger partial charge is 0.408 e. The van der Waals surface area contributed by atoms with Crippen molar-refractivity contribution in [3.8, 4) is 5.75 Å². The second kappa shape index (κ2) is 12.7. The van der Waals surface area contributed by atoms with E-state index in [2.05, 4.69) is 10.6 Å². The summed E-state index contributed by atoms with van der Waals surface area (Å²) in [5.41, 5.74) is 4.93. The summed E-state index contributed by atoms with van der Waals surface area (Å²) in [6.45, 7) is 4.89. The summed E-state index contributed by atoms with van der Waals surface area (Å²) in [6, 6.07) is 9.35. The Kier molecular flexibility index (Phi) is 9.22. The number of fused-ring (bicyclic) bond motifs is 1. The molecule has 1 spiro atoms. The van der Waals surface area contributed by atoms with E-state index in [1.54, 1.807) is 24.3 Å². The third-order valence-electron chi connectivity index (χ3n) is 7.56. The molecule has 0 radical (unpaired) electrons. The lowest BCUT2D eigenvalue weighted by atomic mass is 9.96. The number of nitrogens with two attached hydrogens (primary N) is 1. The molecule has 2 aromatic carbocycles. The monoisotopic (exact) mass is 597 g/mol. The number of hydrogen-bond donors (Lipinski definition) is 3. The molecule has 0 aliphatic carbocycles. The second-order valence-corrected chi connectivity index (χ2v) is 11.3. The van der Waals surface area contributed by atoms with Crippen LogP contribution in [-0.4, -0.2) is 76.8 Å². The van der Waals surface area contributed by atoms with E-state index in [1.807, 2.05) is 19.9 Å². The van der Waals surface area contributed by atoms with Crippen molar-refractivity contribution in [3.63, 3.8) is 0 Å². The van der Waals surface area contributed by atoms with Crippen molar-refractivity contribution < 1.29 is 37.8 Å². The summed E-state index contributed by atoms with van der Waals surface area (Å²) in [5, 5.41) is 5.09. The predicted octanol–water partition coefficient (Wildman–Crippen LogP) is 2.17. The average Bonchev–Trinajstić information content (AvgIpc) is 3.36. The van der Waals surface area contributed by atoms with Gasteiger partial charge in [0.15, 0.2) is 0 Å². The first-order chi connectivity index (χ1) is 20.3. The van der Waals surface area contributed by atoms with Crippen LogP contribution in [0.3, 0.4) is 0 Å². The highest BCUT2D eigenvalue weighted by Gasteiger charge is 2.57. The van der Waals surface area contributed by atoms with E-state index in [0.29, 0.717) is 0 Å². The van der Waals surface area contributed by atoms with E-state index in [4.69, 9.17) is 15.2 Å². The third-order valence-corrected chi connectivity index (χ3v) is 7.56. The quantitative estimate of drug-likeness (QED) is 0.399. The van der Waals surface area contributed by atoms with Gasteiger partial charge in [0.1, 0.15) is 36.3 Å². The highest BCUT2D eigenvalue weighted by atomic mass is 19.1. The zero-order chi connectivity index (χ0) is 31.5. The van der Waals surface area contributed by atoms with Crippen molar-refractivity contribution in [2.45, 2.75) is 63.9 Å². The maximum absolute atomic E-state index is 14.0. The lowest BCUT2D eigenvalue weighted by molar-refractivity contribution is -0.148. The molecule has 2 aliphatic rings. The van der Waals surface area contributed by atoms with E-state index in [-0.39, 0.29) is 43.3 Å². The lowest BCUT2D eigenvalue weighted by Crippen LogP contribution is -2.57. The van der Waals surface area contributed by atoms with Crippen molar-refractivity contribution in [2.24, 2.45) is 11.7 Å². The number of hydrogen-bond acceptors (Lipinski definition) is 7. The number of likely N-dealkylation sites (N-methyl/N-ethyl adjacent to an activating group) is 1. The summed E-state index contributed by atoms with van der Waals surface area (Å²) >= 11 is 0. The van der Waals surface area contributed by atoms with Crippen molar-refractivity contribution in [3.05, 3.63) is 59.9 Å². The number of amides is 5. The fourth-order valence-electron chi connectivity index (χ4n) is 5.30. The number of carbonyl (C=O) groups is 5. The van der Waals surface area contributed by atoms with Gasteiger partial charge < -0.3 is 35.6 Å². The van der Waals surface area contributed by atoms with Gasteiger partial charge in [0.2, 0.25) is 23.3 Å². The van der Waals surface area contributed by atoms with Crippen molar-refractivity contribution in [2.75, 3.05) is 18.9 Å². The van der Waals surface area contributed by atoms with E-state index in [1.165, 1.54) is 35.9 Å². The number of benzene rings is 2. The SMILES string of the molecule is CC(C)C[C@@H](C(=O)N1C[C@@]2(C[C@H]1C(N)=O)Oc1ccc(F)cc1NC2=O)N(C)C(=O)[C@H](C)NC(=O)OCc1ccccc1. The number of nitrogens with zero attached hydrogens (tertiary/aromatic N) is 2. The molecule has 2 heterocycles. The summed E-state index contributed by atoms with van der Waals surface area (Å²) in [6.07, 6.45) is -0.814. The molecular formula is C30H36FN5O7. The first-order valence-corrected chi connectivity index (χ1v) is 13.9. The largest absolute Gasteiger partial charge is 0.473 e. The maximum Gasteiger partial charge on any atom is 0.408 e. The molecule has 0 aromatic heterocycles. The molecule has 43 heavy (non-hydrogen) atoms. The minimum atomic E-state index is -1.65. The van der Waals surface area contributed by atoms with Gasteiger partial charge in [-0.2, -0.15) is 0 Å². The summed E-state index contributed by atoms with van der Waals surface area (Å²) in [5.74, 6) is -3.11. The Labute approximate surface area is 248 Å². The molecule has 4 atom stereocenters. The number of anilines is 1. The van der Waals surface area contributed by atoms with Crippen molar-refractivity contribution in [1.82, 2.24) is 15.1 Å². The predicted molar refractivity (Wildman–Crippen MR) is 153 cm³/mol. The Morgan fingerprint density at radius 1 is 1.19 bits per heavy atom. The normalized spacial score (nSPS) is 20.5. The lowest BCUT2D eigenvalue weighted by Gasteiger charge is -2.36. The van der Waals surface area contributed by atoms with Gasteiger partial charge in [-0.15, -0.1) is 0 Å². The first kappa shape index (κ1) is 31.3. The molecule has 5 amide bonds. The van der Waals surface area contributed by atoms with Crippen LogP contribution < -0.4 is 21.1 Å². The van der Waals surface area contributed by atoms with E-state index >= 15 is 0 Å². The maximum atomic E-state index is 14.0. The topological polar surface area (TPSA) is 160 Å². The minimum absolute atomic E-state index is 0.0121. The van der Waals surface area contributed by atoms with Crippen molar-refractivity contribution >= 4 is 35.4 Å². The first-order valence-electron chi connectivity index (χ1n) is 13.9. The Hall–Kier alpha value is -4.68. The van der Waals surface area contributed by atoms with Gasteiger partial charge in [0.25, 0.3) is 5.91 Å². The zero-order valence-corrected chi connectivity index (χ0v) is 24.5. The number of nitrogens with one attached hydrogen (secondary N) is 2. The van der Waals surface area contributed by atoms with Crippen LogP contribution in [0, 0.1) is 11.7 Å². The molecule has 13 heteroatoms. The number of primary amides is 1. The van der Waals surface area contributed by atoms with Crippen LogP contribution in [0.2, 0.25) is 0 Å². The molecular weight excluding hydrogens is 561 g/mol. The zero-order valence-electron chi connectivity index (χ0n) is 24.5. The summed E-state index contributed by atoms with van der Waals surface area (Å²) in [4.78, 5) is 67.9. The summed E-state index contributed by atoms with van der Waals surface area (Å²) in [7, 11) is 1.43. The van der Waals surface area contributed by atoms with Gasteiger partial charge in [0, 0.05) is 19.5 Å². The number of halogens is 1. The fraction of sp³-hybridized carbons (Fsp3) is 0.433. The molecule has 230 valence electrons. The number of carbonyl (C=O) groups excluding carboxylic acids is 5. The molecule has 4 N–H and O–H groups in total. The molecule has 2 aliphatic heterocycles. The Balaban J connectivity index is 1.50. The Morgan fingerprint density at radius 2 is 1.88 bits per heavy atom. The van der Waals surface area contributed by atoms with Gasteiger partial charge in [-0.25, -0.2) is 9.18 Å². The standard InChI is InChI=1S/C30H36FN5O7/c1-17(2)12-22(35(4)26(38)18(3)33-29(41)42-15-19-8-6-5-7-9-19)27(39)36-16-30(14-23(36)25(32)37)28(40)34-21-13-20(31)10-11-24(21)43-30/h5-11,13,17-18,22-23H,12,14-16H2,1-4H3,(H2,32,37)(H,33,41)(H,34,40)/t18-,22-,23-,30+/m0/s1. The number of likely N-dealkylation sites (tertiary alicyclic amines) is 1. The van der Waals surface area contributed by atoms with Gasteiger partial charge >= 0.3 is 6.09 Å². The number of alkyl carbamates (subject to hydrolysis) is 1. The molecule has 4 rings (SSSR count). The minimum Gasteiger partial charge on any atom is -0.473 e. The molecule has 2 aromatic rings. The van der Waals surface area contributed by atoms with Crippen LogP contribution in [0.5, 0.6) is 5.75 Å². The van der Waals surface area contributed by atoms with Crippen molar-refractivity contribution in [1.29, 1.82) is 0 Å². The molecule has 0 unspecified atom stereocenters. The molecule has 1 fully saturated rings. The van der Waals surface area contributed by atoms with Gasteiger partial charge in [-0.1, -0.05) is 44.2 Å². The van der Waals surface area contributed by atoms with E-state index in [9.17, 15) is 28.4 Å². The van der Waals surface area contributed by atoms with Crippen LogP contribution in [0.25, 0.3) is 0 Å². The van der Waals surface area contributed by atoms with E-state index in [0.717, 1.165) is 11.6 Å². The molecule has 12 nitrogen and oxygen atoms in total. The summed E-state index contributed by atoms with van der Waals surface area (Å²) < 4.78 is 24.9. The molecule has 0 bridgehead atoms. The molecule has 0 saturated carbocycles. The third kappa shape index (κ3) is 6.87. The highest BCUT2D eigenvalue weighted by molar-refractivity contribution is 6.03. The van der Waals surface area contributed by atoms with Gasteiger partial charge in [-0.3, -0.25) is 19.2 Å². The van der Waals surface area contributed by atoms with Crippen LogP contribution in [0.15, 0.2) is 48.5 Å². The van der Waals surface area contributed by atoms with Gasteiger partial charge in [-0.05, 0) is 37.0 Å². The Bertz CT molecular complexity index is 1400. The fourth-order valence-corrected chi connectivity index (χ4v) is 5.30. The Morgan fingerprint density at radius 3 is 2.53 bits per heavy atom. The van der Waals surface area contributed by atoms with Crippen LogP contribution >= 0.6 is 0 Å². The average molecular weight is 598 g/mol. The number of ether oxygens (including phenoxy) is 2. The van der Waals surface area contributed by atoms with Gasteiger partial charge in [0.05, 0.1) is 12.2 Å².